The molecule has 1 aliphatic heterocycles. The smallest absolute Gasteiger partial charge is 0.411 e. The van der Waals surface area contributed by atoms with E-state index in [0.29, 0.717) is 5.57 Å². The number of piperazine rings is 1. The Hall–Kier alpha value is -2.77. The second kappa shape index (κ2) is 10.5. The van der Waals surface area contributed by atoms with Crippen molar-refractivity contribution in [3.05, 3.63) is 36.5 Å². The first-order chi connectivity index (χ1) is 13.1. The first-order valence-electron chi connectivity index (χ1n) is 9.05. The molecule has 1 aliphatic rings. The zero-order valence-electron chi connectivity index (χ0n) is 17.3. The number of hydrogen-bond donors (Lipinski definition) is 0. The summed E-state index contributed by atoms with van der Waals surface area (Å²) in [4.78, 5) is 39.5. The van der Waals surface area contributed by atoms with Crippen molar-refractivity contribution in [2.45, 2.75) is 39.3 Å². The van der Waals surface area contributed by atoms with Crippen LogP contribution in [0.25, 0.3) is 0 Å². The van der Waals surface area contributed by atoms with Gasteiger partial charge in [0.15, 0.2) is 6.04 Å². The molecule has 8 heteroatoms. The van der Waals surface area contributed by atoms with Crippen LogP contribution in [0.2, 0.25) is 0 Å². The molecule has 0 aromatic rings. The molecule has 8 nitrogen and oxygen atoms in total. The number of amides is 2. The van der Waals surface area contributed by atoms with Crippen LogP contribution in [0.3, 0.4) is 0 Å². The average molecular weight is 394 g/mol. The topological polar surface area (TPSA) is 85.4 Å². The molecule has 0 radical (unpaired) electrons. The highest BCUT2D eigenvalue weighted by atomic mass is 16.6. The largest absolute Gasteiger partial charge is 0.467 e. The lowest BCUT2D eigenvalue weighted by Crippen LogP contribution is -2.60. The van der Waals surface area contributed by atoms with Crippen molar-refractivity contribution in [1.29, 1.82) is 0 Å². The van der Waals surface area contributed by atoms with Crippen LogP contribution in [0.4, 0.5) is 9.59 Å². The number of allylic oxidation sites excluding steroid dienone is 3. The normalized spacial score (nSPS) is 17.7. The van der Waals surface area contributed by atoms with Gasteiger partial charge < -0.3 is 19.1 Å². The molecule has 0 saturated carbocycles. The quantitative estimate of drug-likeness (QED) is 0.405. The summed E-state index contributed by atoms with van der Waals surface area (Å²) >= 11 is 0. The number of hydrogen-bond acceptors (Lipinski definition) is 6. The molecular formula is C20H30N2O6. The van der Waals surface area contributed by atoms with E-state index in [0.717, 1.165) is 0 Å². The number of esters is 1. The highest BCUT2D eigenvalue weighted by Crippen LogP contribution is 2.17. The van der Waals surface area contributed by atoms with E-state index < -0.39 is 29.8 Å². The van der Waals surface area contributed by atoms with E-state index in [4.69, 9.17) is 14.2 Å². The summed E-state index contributed by atoms with van der Waals surface area (Å²) in [6.45, 7) is 11.3. The minimum Gasteiger partial charge on any atom is -0.467 e. The fourth-order valence-electron chi connectivity index (χ4n) is 2.42. The van der Waals surface area contributed by atoms with Gasteiger partial charge in [0.05, 0.1) is 13.7 Å². The monoisotopic (exact) mass is 394 g/mol. The van der Waals surface area contributed by atoms with Crippen LogP contribution in [0.15, 0.2) is 36.5 Å². The third-order valence-corrected chi connectivity index (χ3v) is 3.76. The number of ether oxygens (including phenoxy) is 3. The van der Waals surface area contributed by atoms with Gasteiger partial charge in [-0.15, -0.1) is 0 Å². The maximum atomic E-state index is 12.4. The zero-order valence-corrected chi connectivity index (χ0v) is 17.3. The van der Waals surface area contributed by atoms with Crippen molar-refractivity contribution in [2.24, 2.45) is 0 Å². The van der Waals surface area contributed by atoms with Crippen molar-refractivity contribution in [2.75, 3.05) is 33.4 Å². The van der Waals surface area contributed by atoms with Gasteiger partial charge in [-0.05, 0) is 33.3 Å². The van der Waals surface area contributed by atoms with Gasteiger partial charge >= 0.3 is 18.2 Å². The molecule has 1 rings (SSSR count). The highest BCUT2D eigenvalue weighted by molar-refractivity contribution is 5.83. The van der Waals surface area contributed by atoms with Gasteiger partial charge in [-0.25, -0.2) is 14.4 Å². The Labute approximate surface area is 166 Å². The van der Waals surface area contributed by atoms with E-state index in [1.54, 1.807) is 32.9 Å². The fraction of sp³-hybridized carbons (Fsp3) is 0.550. The molecule has 0 aliphatic carbocycles. The minimum atomic E-state index is -0.959. The summed E-state index contributed by atoms with van der Waals surface area (Å²) < 4.78 is 15.4. The second-order valence-electron chi connectivity index (χ2n) is 7.26. The standard InChI is InChI=1S/C20H30N2O6/c1-7-8-9-10-15(2)14-27-18(24)21-11-12-22(16(13-21)17(23)26-6)19(25)28-20(3,4)5/h7-10,16H,2,11-14H2,1,3-6H3/b8-7-,10-9-/t16-/m1/s1. The van der Waals surface area contributed by atoms with Crippen molar-refractivity contribution < 1.29 is 28.6 Å². The molecule has 1 heterocycles. The van der Waals surface area contributed by atoms with Crippen LogP contribution in [0.5, 0.6) is 0 Å². The molecule has 1 atom stereocenters. The Morgan fingerprint density at radius 1 is 1.14 bits per heavy atom. The van der Waals surface area contributed by atoms with Gasteiger partial charge in [-0.2, -0.15) is 0 Å². The molecule has 1 saturated heterocycles. The molecule has 0 spiro atoms. The third kappa shape index (κ3) is 7.46. The number of carbonyl (C=O) groups is 3. The lowest BCUT2D eigenvalue weighted by molar-refractivity contribution is -0.148. The van der Waals surface area contributed by atoms with Gasteiger partial charge in [0.25, 0.3) is 0 Å². The van der Waals surface area contributed by atoms with Gasteiger partial charge in [0, 0.05) is 13.1 Å². The van der Waals surface area contributed by atoms with Gasteiger partial charge in [0.1, 0.15) is 12.2 Å². The van der Waals surface area contributed by atoms with Gasteiger partial charge in [0.2, 0.25) is 0 Å². The molecule has 2 amide bonds. The Morgan fingerprint density at radius 3 is 2.39 bits per heavy atom. The molecule has 0 unspecified atom stereocenters. The SMILES string of the molecule is C=C(/C=C\C=C/C)COC(=O)N1CCN(C(=O)OC(C)(C)C)[C@@H](C(=O)OC)C1. The zero-order chi connectivity index (χ0) is 21.3. The Morgan fingerprint density at radius 2 is 1.82 bits per heavy atom. The van der Waals surface area contributed by atoms with E-state index in [1.807, 2.05) is 19.1 Å². The summed E-state index contributed by atoms with van der Waals surface area (Å²) in [6, 6.07) is -0.959. The predicted molar refractivity (Wildman–Crippen MR) is 105 cm³/mol. The summed E-state index contributed by atoms with van der Waals surface area (Å²) in [5.74, 6) is -0.623. The van der Waals surface area contributed by atoms with Crippen LogP contribution < -0.4 is 0 Å². The molecule has 0 aromatic carbocycles. The molecule has 156 valence electrons. The van der Waals surface area contributed by atoms with Crippen molar-refractivity contribution in [3.63, 3.8) is 0 Å². The molecule has 0 bridgehead atoms. The van der Waals surface area contributed by atoms with Crippen molar-refractivity contribution in [1.82, 2.24) is 9.80 Å². The van der Waals surface area contributed by atoms with Crippen LogP contribution in [-0.2, 0) is 19.0 Å². The number of rotatable bonds is 5. The first kappa shape index (κ1) is 23.3. The Balaban J connectivity index is 2.73. The Kier molecular flexibility index (Phi) is 8.76. The molecule has 28 heavy (non-hydrogen) atoms. The van der Waals surface area contributed by atoms with Gasteiger partial charge in [-0.1, -0.05) is 30.9 Å². The van der Waals surface area contributed by atoms with E-state index in [9.17, 15) is 14.4 Å². The van der Waals surface area contributed by atoms with E-state index in [1.165, 1.54) is 16.9 Å². The molecule has 1 fully saturated rings. The summed E-state index contributed by atoms with van der Waals surface area (Å²) in [6.07, 6.45) is 6.03. The van der Waals surface area contributed by atoms with E-state index in [-0.39, 0.29) is 26.2 Å². The minimum absolute atomic E-state index is 0.0298. The van der Waals surface area contributed by atoms with Crippen LogP contribution in [0.1, 0.15) is 27.7 Å². The lowest BCUT2D eigenvalue weighted by atomic mass is 10.1. The van der Waals surface area contributed by atoms with Crippen molar-refractivity contribution >= 4 is 18.2 Å². The van der Waals surface area contributed by atoms with Crippen molar-refractivity contribution in [3.8, 4) is 0 Å². The van der Waals surface area contributed by atoms with E-state index in [2.05, 4.69) is 6.58 Å². The van der Waals surface area contributed by atoms with Gasteiger partial charge in [-0.3, -0.25) is 4.90 Å². The maximum absolute atomic E-state index is 12.4. The number of carbonyl (C=O) groups excluding carboxylic acids is 3. The Bertz CT molecular complexity index is 648. The van der Waals surface area contributed by atoms with Crippen LogP contribution >= 0.6 is 0 Å². The predicted octanol–water partition coefficient (Wildman–Crippen LogP) is 2.91. The summed E-state index contributed by atoms with van der Waals surface area (Å²) in [5.41, 5.74) is -0.0716. The number of methoxy groups -OCH3 is 1. The fourth-order valence-corrected chi connectivity index (χ4v) is 2.42. The molecular weight excluding hydrogens is 364 g/mol. The molecule has 0 aromatic heterocycles. The lowest BCUT2D eigenvalue weighted by Gasteiger charge is -2.39. The average Bonchev–Trinajstić information content (AvgIpc) is 2.63. The second-order valence-corrected chi connectivity index (χ2v) is 7.26. The highest BCUT2D eigenvalue weighted by Gasteiger charge is 2.40. The third-order valence-electron chi connectivity index (χ3n) is 3.76. The van der Waals surface area contributed by atoms with E-state index >= 15 is 0 Å². The summed E-state index contributed by atoms with van der Waals surface area (Å²) in [7, 11) is 1.23. The number of nitrogens with zero attached hydrogens (tertiary/aromatic N) is 2. The maximum Gasteiger partial charge on any atom is 0.411 e. The van der Waals surface area contributed by atoms with Crippen LogP contribution in [-0.4, -0.2) is 72.9 Å². The summed E-state index contributed by atoms with van der Waals surface area (Å²) in [5, 5.41) is 0. The van der Waals surface area contributed by atoms with Crippen LogP contribution in [0, 0.1) is 0 Å². The first-order valence-corrected chi connectivity index (χ1v) is 9.05. The molecule has 0 N–H and O–H groups in total.